The zero-order valence-electron chi connectivity index (χ0n) is 30.8. The Bertz CT molecular complexity index is 2660. The topological polar surface area (TPSA) is 169 Å². The monoisotopic (exact) mass is 781 g/mol. The van der Waals surface area contributed by atoms with Crippen molar-refractivity contribution in [3.63, 3.8) is 0 Å². The van der Waals surface area contributed by atoms with Gasteiger partial charge in [0.15, 0.2) is 5.71 Å². The van der Waals surface area contributed by atoms with E-state index in [-0.39, 0.29) is 15.7 Å². The molecule has 0 unspecified atom stereocenters. The average molecular weight is 782 g/mol. The van der Waals surface area contributed by atoms with E-state index in [1.165, 1.54) is 18.2 Å². The van der Waals surface area contributed by atoms with E-state index in [0.717, 1.165) is 76.6 Å². The van der Waals surface area contributed by atoms with Crippen LogP contribution in [-0.4, -0.2) is 62.3 Å². The molecule has 0 saturated carbocycles. The highest BCUT2D eigenvalue weighted by Crippen LogP contribution is 2.52. The SMILES string of the molecule is CCCCC[N+]1=C(C=CC=C2N(CC)c3ccc4c(S(=O)(=O)O)cc(S(=O)(=O)O)cc4c3C2(C)C)C(C)(C)c2c1ccc1c(C)cc(S(=O)(=O)O)cc21. The zero-order chi connectivity index (χ0) is 39.1. The lowest BCUT2D eigenvalue weighted by molar-refractivity contribution is -0.438. The number of benzene rings is 4. The van der Waals surface area contributed by atoms with Gasteiger partial charge < -0.3 is 4.90 Å². The summed E-state index contributed by atoms with van der Waals surface area (Å²) < 4.78 is 106. The van der Waals surface area contributed by atoms with Gasteiger partial charge in [-0.3, -0.25) is 13.7 Å². The van der Waals surface area contributed by atoms with Crippen LogP contribution in [0.25, 0.3) is 21.5 Å². The molecule has 0 radical (unpaired) electrons. The lowest BCUT2D eigenvalue weighted by atomic mass is 9.78. The van der Waals surface area contributed by atoms with E-state index in [1.54, 1.807) is 12.1 Å². The van der Waals surface area contributed by atoms with E-state index in [0.29, 0.717) is 12.1 Å². The van der Waals surface area contributed by atoms with Crippen LogP contribution in [0.15, 0.2) is 87.1 Å². The molecule has 0 fully saturated rings. The first-order valence-electron chi connectivity index (χ1n) is 17.5. The Balaban J connectivity index is 1.53. The number of aryl methyl sites for hydroxylation is 1. The predicted octanol–water partition coefficient (Wildman–Crippen LogP) is 7.87. The molecule has 0 bridgehead atoms. The zero-order valence-corrected chi connectivity index (χ0v) is 33.2. The molecule has 2 aliphatic heterocycles. The van der Waals surface area contributed by atoms with E-state index in [4.69, 9.17) is 0 Å². The molecule has 0 aliphatic carbocycles. The molecule has 53 heavy (non-hydrogen) atoms. The second kappa shape index (κ2) is 13.1. The predicted molar refractivity (Wildman–Crippen MR) is 208 cm³/mol. The standard InChI is InChI=1S/C39H44N2O9S3/c1-8-10-11-19-41-32-17-15-27-24(3)20-25(51(42,43)44)21-29(27)36(32)39(6,7)35(41)14-12-13-34-38(4,5)37-30-22-26(52(45,46)47)23-33(53(48,49)50)28(30)16-18-31(37)40(34)9-2/h12-18,20-23H,8-11,19H2,1-7H3,(H2-,42,43,44,45,46,47,48,49,50)/p+1. The van der Waals surface area contributed by atoms with Crippen LogP contribution in [0.3, 0.4) is 0 Å². The maximum atomic E-state index is 12.4. The Morgan fingerprint density at radius 1 is 0.717 bits per heavy atom. The van der Waals surface area contributed by atoms with Crippen molar-refractivity contribution in [1.29, 1.82) is 0 Å². The van der Waals surface area contributed by atoms with Crippen molar-refractivity contribution in [1.82, 2.24) is 0 Å². The van der Waals surface area contributed by atoms with Gasteiger partial charge in [0.05, 0.1) is 15.2 Å². The minimum Gasteiger partial charge on any atom is -0.344 e. The molecule has 0 atom stereocenters. The van der Waals surface area contributed by atoms with Gasteiger partial charge in [-0.2, -0.15) is 29.8 Å². The van der Waals surface area contributed by atoms with Crippen LogP contribution >= 0.6 is 0 Å². The molecule has 0 saturated heterocycles. The Morgan fingerprint density at radius 3 is 1.91 bits per heavy atom. The minimum absolute atomic E-state index is 0.128. The van der Waals surface area contributed by atoms with Crippen molar-refractivity contribution in [2.75, 3.05) is 18.0 Å². The van der Waals surface area contributed by atoms with E-state index in [2.05, 4.69) is 42.4 Å². The van der Waals surface area contributed by atoms with Gasteiger partial charge in [-0.1, -0.05) is 39.3 Å². The highest BCUT2D eigenvalue weighted by Gasteiger charge is 2.46. The Labute approximate surface area is 311 Å². The van der Waals surface area contributed by atoms with Gasteiger partial charge in [-0.25, -0.2) is 0 Å². The number of rotatable bonds is 10. The lowest BCUT2D eigenvalue weighted by Gasteiger charge is -2.26. The lowest BCUT2D eigenvalue weighted by Crippen LogP contribution is -2.28. The van der Waals surface area contributed by atoms with Crippen LogP contribution in [0.4, 0.5) is 11.4 Å². The number of hydrogen-bond acceptors (Lipinski definition) is 7. The number of unbranched alkanes of at least 4 members (excludes halogenated alkanes) is 2. The Hall–Kier alpha value is -3.92. The van der Waals surface area contributed by atoms with Crippen LogP contribution < -0.4 is 4.90 Å². The summed E-state index contributed by atoms with van der Waals surface area (Å²) in [6.45, 7) is 15.3. The van der Waals surface area contributed by atoms with Crippen LogP contribution in [-0.2, 0) is 41.2 Å². The summed E-state index contributed by atoms with van der Waals surface area (Å²) in [6.07, 6.45) is 9.00. The molecule has 282 valence electrons. The van der Waals surface area contributed by atoms with Gasteiger partial charge in [0.1, 0.15) is 11.4 Å². The highest BCUT2D eigenvalue weighted by molar-refractivity contribution is 7.87. The molecule has 14 heteroatoms. The average Bonchev–Trinajstić information content (AvgIpc) is 3.41. The van der Waals surface area contributed by atoms with Crippen molar-refractivity contribution in [3.05, 3.63) is 89.1 Å². The molecule has 6 rings (SSSR count). The van der Waals surface area contributed by atoms with Crippen LogP contribution in [0.1, 0.15) is 77.5 Å². The maximum Gasteiger partial charge on any atom is 0.295 e. The summed E-state index contributed by atoms with van der Waals surface area (Å²) in [5.74, 6) is 0. The molecule has 4 aromatic rings. The summed E-state index contributed by atoms with van der Waals surface area (Å²) in [7, 11) is -14.1. The third kappa shape index (κ3) is 6.53. The molecule has 0 amide bonds. The summed E-state index contributed by atoms with van der Waals surface area (Å²) in [6, 6.07) is 12.4. The first-order valence-corrected chi connectivity index (χ1v) is 21.8. The fourth-order valence-electron chi connectivity index (χ4n) is 8.33. The molecule has 11 nitrogen and oxygen atoms in total. The number of fused-ring (bicyclic) bond motifs is 6. The third-order valence-corrected chi connectivity index (χ3v) is 13.3. The van der Waals surface area contributed by atoms with Crippen molar-refractivity contribution in [2.24, 2.45) is 0 Å². The van der Waals surface area contributed by atoms with Gasteiger partial charge in [0.2, 0.25) is 5.69 Å². The normalized spacial score (nSPS) is 17.8. The molecule has 4 aromatic carbocycles. The molecule has 0 aromatic heterocycles. The summed E-state index contributed by atoms with van der Waals surface area (Å²) in [5, 5.41) is 2.06. The van der Waals surface area contributed by atoms with Crippen molar-refractivity contribution >= 4 is 69.0 Å². The van der Waals surface area contributed by atoms with Crippen LogP contribution in [0, 0.1) is 6.92 Å². The number of hydrogen-bond donors (Lipinski definition) is 3. The fourth-order valence-corrected chi connectivity index (χ4v) is 10.3. The van der Waals surface area contributed by atoms with Gasteiger partial charge in [-0.05, 0) is 104 Å². The van der Waals surface area contributed by atoms with Crippen LogP contribution in [0.2, 0.25) is 0 Å². The largest absolute Gasteiger partial charge is 0.344 e. The summed E-state index contributed by atoms with van der Waals surface area (Å²) in [4.78, 5) is 0.657. The first-order chi connectivity index (χ1) is 24.5. The van der Waals surface area contributed by atoms with Crippen molar-refractivity contribution in [3.8, 4) is 0 Å². The maximum absolute atomic E-state index is 12.4. The van der Waals surface area contributed by atoms with E-state index < -0.39 is 51.0 Å². The fraction of sp³-hybridized carbons (Fsp3) is 0.359. The molecule has 3 N–H and O–H groups in total. The van der Waals surface area contributed by atoms with Gasteiger partial charge in [0, 0.05) is 52.9 Å². The Morgan fingerprint density at radius 2 is 1.32 bits per heavy atom. The van der Waals surface area contributed by atoms with Gasteiger partial charge in [-0.15, -0.1) is 0 Å². The molecular weight excluding hydrogens is 737 g/mol. The van der Waals surface area contributed by atoms with E-state index in [9.17, 15) is 38.9 Å². The van der Waals surface area contributed by atoms with Crippen molar-refractivity contribution in [2.45, 2.75) is 93.2 Å². The van der Waals surface area contributed by atoms with E-state index >= 15 is 0 Å². The van der Waals surface area contributed by atoms with Gasteiger partial charge in [0.25, 0.3) is 30.4 Å². The molecule has 0 spiro atoms. The summed E-state index contributed by atoms with van der Waals surface area (Å²) in [5.41, 5.74) is 4.54. The second-order valence-corrected chi connectivity index (χ2v) is 19.1. The molecule has 2 aliphatic rings. The molecule has 2 heterocycles. The highest BCUT2D eigenvalue weighted by atomic mass is 32.2. The number of likely N-dealkylation sites (N-methyl/N-ethyl adjacent to an activating group) is 1. The minimum atomic E-state index is -4.86. The first kappa shape index (κ1) is 38.8. The number of nitrogens with zero attached hydrogens (tertiary/aromatic N) is 2. The number of anilines is 1. The number of allylic oxidation sites excluding steroid dienone is 4. The Kier molecular flexibility index (Phi) is 9.61. The van der Waals surface area contributed by atoms with Gasteiger partial charge >= 0.3 is 0 Å². The van der Waals surface area contributed by atoms with Crippen LogP contribution in [0.5, 0.6) is 0 Å². The van der Waals surface area contributed by atoms with E-state index in [1.807, 2.05) is 45.9 Å². The smallest absolute Gasteiger partial charge is 0.295 e. The summed E-state index contributed by atoms with van der Waals surface area (Å²) >= 11 is 0. The molecular formula is C39H45N2O9S3+. The van der Waals surface area contributed by atoms with Crippen molar-refractivity contribution < 1.29 is 43.5 Å². The third-order valence-electron chi connectivity index (χ3n) is 10.7. The quantitative estimate of drug-likeness (QED) is 0.0818. The second-order valence-electron chi connectivity index (χ2n) is 14.8.